The summed E-state index contributed by atoms with van der Waals surface area (Å²) in [6, 6.07) is 6.01. The van der Waals surface area contributed by atoms with E-state index in [9.17, 15) is 4.79 Å². The maximum Gasteiger partial charge on any atom is 0.251 e. The molecular weight excluding hydrogens is 250 g/mol. The standard InChI is InChI=1S/C16H25N3O/c1-12-10-14(17-3)6-7-15(12)16(20)18-13(2)11-19-8-4-5-9-19/h6-7,10,13,17H,4-5,8-9,11H2,1-3H3,(H,18,20). The summed E-state index contributed by atoms with van der Waals surface area (Å²) in [7, 11) is 1.88. The number of benzene rings is 1. The van der Waals surface area contributed by atoms with Crippen LogP contribution in [0, 0.1) is 6.92 Å². The van der Waals surface area contributed by atoms with Gasteiger partial charge >= 0.3 is 0 Å². The van der Waals surface area contributed by atoms with E-state index in [1.807, 2.05) is 32.2 Å². The minimum Gasteiger partial charge on any atom is -0.388 e. The first-order valence-electron chi connectivity index (χ1n) is 7.42. The summed E-state index contributed by atoms with van der Waals surface area (Å²) >= 11 is 0. The number of anilines is 1. The highest BCUT2D eigenvalue weighted by atomic mass is 16.1. The van der Waals surface area contributed by atoms with Gasteiger partial charge in [0.15, 0.2) is 0 Å². The molecule has 0 saturated carbocycles. The summed E-state index contributed by atoms with van der Waals surface area (Å²) in [5.41, 5.74) is 2.80. The van der Waals surface area contributed by atoms with E-state index in [1.165, 1.54) is 12.8 Å². The van der Waals surface area contributed by atoms with Crippen molar-refractivity contribution < 1.29 is 4.79 Å². The molecule has 0 bridgehead atoms. The summed E-state index contributed by atoms with van der Waals surface area (Å²) < 4.78 is 0. The fourth-order valence-electron chi connectivity index (χ4n) is 2.77. The average Bonchev–Trinajstić information content (AvgIpc) is 2.90. The minimum atomic E-state index is 0.0249. The predicted octanol–water partition coefficient (Wildman–Crippen LogP) is 2.25. The highest BCUT2D eigenvalue weighted by molar-refractivity contribution is 5.96. The first-order valence-corrected chi connectivity index (χ1v) is 7.42. The highest BCUT2D eigenvalue weighted by Gasteiger charge is 2.17. The Bertz CT molecular complexity index is 467. The molecule has 0 spiro atoms. The van der Waals surface area contributed by atoms with E-state index in [-0.39, 0.29) is 11.9 Å². The van der Waals surface area contributed by atoms with Gasteiger partial charge < -0.3 is 15.5 Å². The number of likely N-dealkylation sites (tertiary alicyclic amines) is 1. The number of carbonyl (C=O) groups excluding carboxylic acids is 1. The smallest absolute Gasteiger partial charge is 0.251 e. The van der Waals surface area contributed by atoms with Crippen LogP contribution in [0.1, 0.15) is 35.7 Å². The van der Waals surface area contributed by atoms with Gasteiger partial charge in [-0.3, -0.25) is 4.79 Å². The van der Waals surface area contributed by atoms with Crippen molar-refractivity contribution in [2.24, 2.45) is 0 Å². The molecule has 4 heteroatoms. The van der Waals surface area contributed by atoms with Crippen molar-refractivity contribution in [3.8, 4) is 0 Å². The molecule has 0 aromatic heterocycles. The molecule has 2 N–H and O–H groups in total. The Labute approximate surface area is 121 Å². The summed E-state index contributed by atoms with van der Waals surface area (Å²) in [4.78, 5) is 14.7. The van der Waals surface area contributed by atoms with Crippen LogP contribution in [-0.4, -0.2) is 43.5 Å². The molecule has 1 saturated heterocycles. The van der Waals surface area contributed by atoms with Crippen LogP contribution < -0.4 is 10.6 Å². The van der Waals surface area contributed by atoms with Crippen molar-refractivity contribution in [3.05, 3.63) is 29.3 Å². The lowest BCUT2D eigenvalue weighted by molar-refractivity contribution is 0.0931. The third-order valence-corrected chi connectivity index (χ3v) is 3.87. The normalized spacial score (nSPS) is 16.9. The number of amides is 1. The molecule has 1 amide bonds. The minimum absolute atomic E-state index is 0.0249. The zero-order valence-electron chi connectivity index (χ0n) is 12.7. The number of rotatable bonds is 5. The third-order valence-electron chi connectivity index (χ3n) is 3.87. The zero-order valence-corrected chi connectivity index (χ0v) is 12.7. The van der Waals surface area contributed by atoms with Crippen LogP contribution in [-0.2, 0) is 0 Å². The molecule has 0 radical (unpaired) electrons. The van der Waals surface area contributed by atoms with Crippen molar-refractivity contribution in [2.45, 2.75) is 32.7 Å². The van der Waals surface area contributed by atoms with E-state index in [0.717, 1.165) is 36.4 Å². The fourth-order valence-corrected chi connectivity index (χ4v) is 2.77. The number of nitrogens with zero attached hydrogens (tertiary/aromatic N) is 1. The van der Waals surface area contributed by atoms with Crippen LogP contribution in [0.2, 0.25) is 0 Å². The van der Waals surface area contributed by atoms with Crippen molar-refractivity contribution in [1.29, 1.82) is 0 Å². The fraction of sp³-hybridized carbons (Fsp3) is 0.562. The molecule has 1 unspecified atom stereocenters. The molecule has 1 aliphatic rings. The van der Waals surface area contributed by atoms with Gasteiger partial charge in [-0.2, -0.15) is 0 Å². The number of nitrogens with one attached hydrogen (secondary N) is 2. The van der Waals surface area contributed by atoms with Gasteiger partial charge in [-0.25, -0.2) is 0 Å². The lowest BCUT2D eigenvalue weighted by atomic mass is 10.1. The Morgan fingerprint density at radius 1 is 1.35 bits per heavy atom. The van der Waals surface area contributed by atoms with Crippen molar-refractivity contribution in [1.82, 2.24) is 10.2 Å². The van der Waals surface area contributed by atoms with Gasteiger partial charge in [-0.15, -0.1) is 0 Å². The maximum atomic E-state index is 12.3. The summed E-state index contributed by atoms with van der Waals surface area (Å²) in [6.45, 7) is 7.32. The largest absolute Gasteiger partial charge is 0.388 e. The Hall–Kier alpha value is -1.55. The second-order valence-electron chi connectivity index (χ2n) is 5.66. The maximum absolute atomic E-state index is 12.3. The van der Waals surface area contributed by atoms with E-state index in [2.05, 4.69) is 22.5 Å². The van der Waals surface area contributed by atoms with Crippen LogP contribution in [0.4, 0.5) is 5.69 Å². The molecule has 1 fully saturated rings. The Balaban J connectivity index is 1.93. The highest BCUT2D eigenvalue weighted by Crippen LogP contribution is 2.15. The Morgan fingerprint density at radius 3 is 2.65 bits per heavy atom. The van der Waals surface area contributed by atoms with Crippen LogP contribution in [0.15, 0.2) is 18.2 Å². The molecule has 1 aromatic carbocycles. The first-order chi connectivity index (χ1) is 9.60. The van der Waals surface area contributed by atoms with Gasteiger partial charge in [-0.1, -0.05) is 0 Å². The van der Waals surface area contributed by atoms with E-state index in [4.69, 9.17) is 0 Å². The molecule has 110 valence electrons. The van der Waals surface area contributed by atoms with E-state index in [0.29, 0.717) is 0 Å². The molecule has 20 heavy (non-hydrogen) atoms. The molecule has 1 aromatic rings. The molecule has 4 nitrogen and oxygen atoms in total. The monoisotopic (exact) mass is 275 g/mol. The van der Waals surface area contributed by atoms with Gasteiger partial charge in [0, 0.05) is 30.9 Å². The second-order valence-corrected chi connectivity index (χ2v) is 5.66. The van der Waals surface area contributed by atoms with Crippen LogP contribution in [0.25, 0.3) is 0 Å². The van der Waals surface area contributed by atoms with E-state index in [1.54, 1.807) is 0 Å². The number of hydrogen-bond donors (Lipinski definition) is 2. The Morgan fingerprint density at radius 2 is 2.05 bits per heavy atom. The molecular formula is C16H25N3O. The lowest BCUT2D eigenvalue weighted by Gasteiger charge is -2.21. The van der Waals surface area contributed by atoms with Gasteiger partial charge in [0.05, 0.1) is 0 Å². The van der Waals surface area contributed by atoms with Gasteiger partial charge in [0.1, 0.15) is 0 Å². The molecule has 0 aliphatic carbocycles. The zero-order chi connectivity index (χ0) is 14.5. The lowest BCUT2D eigenvalue weighted by Crippen LogP contribution is -2.41. The van der Waals surface area contributed by atoms with Gasteiger partial charge in [0.25, 0.3) is 5.91 Å². The average molecular weight is 275 g/mol. The quantitative estimate of drug-likeness (QED) is 0.866. The number of hydrogen-bond acceptors (Lipinski definition) is 3. The summed E-state index contributed by atoms with van der Waals surface area (Å²) in [6.07, 6.45) is 2.57. The second kappa shape index (κ2) is 6.75. The SMILES string of the molecule is CNc1ccc(C(=O)NC(C)CN2CCCC2)c(C)c1. The van der Waals surface area contributed by atoms with Crippen molar-refractivity contribution in [3.63, 3.8) is 0 Å². The molecule has 2 rings (SSSR count). The van der Waals surface area contributed by atoms with Crippen molar-refractivity contribution >= 4 is 11.6 Å². The molecule has 1 aliphatic heterocycles. The van der Waals surface area contributed by atoms with E-state index < -0.39 is 0 Å². The van der Waals surface area contributed by atoms with Crippen LogP contribution in [0.3, 0.4) is 0 Å². The Kier molecular flexibility index (Phi) is 5.01. The van der Waals surface area contributed by atoms with Crippen molar-refractivity contribution in [2.75, 3.05) is 32.0 Å². The number of carbonyl (C=O) groups is 1. The first kappa shape index (κ1) is 14.9. The third kappa shape index (κ3) is 3.73. The van der Waals surface area contributed by atoms with E-state index >= 15 is 0 Å². The predicted molar refractivity (Wildman–Crippen MR) is 83.3 cm³/mol. The topological polar surface area (TPSA) is 44.4 Å². The van der Waals surface area contributed by atoms with Crippen LogP contribution >= 0.6 is 0 Å². The summed E-state index contributed by atoms with van der Waals surface area (Å²) in [5, 5.41) is 6.18. The molecule has 1 atom stereocenters. The van der Waals surface area contributed by atoms with Gasteiger partial charge in [-0.05, 0) is 63.5 Å². The number of aryl methyl sites for hydroxylation is 1. The van der Waals surface area contributed by atoms with Gasteiger partial charge in [0.2, 0.25) is 0 Å². The van der Waals surface area contributed by atoms with Crippen LogP contribution in [0.5, 0.6) is 0 Å². The summed E-state index contributed by atoms with van der Waals surface area (Å²) in [5.74, 6) is 0.0249. The molecule has 1 heterocycles.